The predicted molar refractivity (Wildman–Crippen MR) is 133 cm³/mol. The third-order valence-electron chi connectivity index (χ3n) is 4.33. The fourth-order valence-corrected chi connectivity index (χ4v) is 5.78. The van der Waals surface area contributed by atoms with E-state index in [-0.39, 0.29) is 20.1 Å². The van der Waals surface area contributed by atoms with Crippen molar-refractivity contribution < 1.29 is 13.2 Å². The van der Waals surface area contributed by atoms with Gasteiger partial charge in [0.1, 0.15) is 0 Å². The first kappa shape index (κ1) is 23.2. The van der Waals surface area contributed by atoms with E-state index in [1.54, 1.807) is 48.2 Å². The number of benzene rings is 3. The molecule has 0 aliphatic rings. The third kappa shape index (κ3) is 6.11. The molecule has 168 valence electrons. The number of nitrogens with zero attached hydrogens (tertiary/aromatic N) is 2. The van der Waals surface area contributed by atoms with Crippen LogP contribution < -0.4 is 10.0 Å². The molecule has 1 aromatic heterocycles. The van der Waals surface area contributed by atoms with Crippen molar-refractivity contribution in [3.63, 3.8) is 0 Å². The molecule has 0 saturated heterocycles. The van der Waals surface area contributed by atoms with Gasteiger partial charge in [-0.1, -0.05) is 65.4 Å². The van der Waals surface area contributed by atoms with Gasteiger partial charge in [-0.15, -0.1) is 22.0 Å². The summed E-state index contributed by atoms with van der Waals surface area (Å²) in [7, 11) is -3.96. The lowest BCUT2D eigenvalue weighted by molar-refractivity contribution is 0.102. The van der Waals surface area contributed by atoms with Gasteiger partial charge in [0, 0.05) is 16.3 Å². The second-order valence-corrected chi connectivity index (χ2v) is 11.0. The van der Waals surface area contributed by atoms with Gasteiger partial charge in [0.05, 0.1) is 10.6 Å². The van der Waals surface area contributed by atoms with Gasteiger partial charge in [-0.25, -0.2) is 0 Å². The van der Waals surface area contributed by atoms with Crippen molar-refractivity contribution in [1.82, 2.24) is 10.2 Å². The average Bonchev–Trinajstić information content (AvgIpc) is 3.29. The second-order valence-electron chi connectivity index (χ2n) is 6.71. The van der Waals surface area contributed by atoms with Crippen LogP contribution in [-0.4, -0.2) is 24.5 Å². The van der Waals surface area contributed by atoms with Crippen molar-refractivity contribution in [2.45, 2.75) is 15.0 Å². The van der Waals surface area contributed by atoms with Gasteiger partial charge in [0.25, 0.3) is 20.3 Å². The van der Waals surface area contributed by atoms with Crippen LogP contribution in [0, 0.1) is 0 Å². The van der Waals surface area contributed by atoms with Crippen LogP contribution in [-0.2, 0) is 15.8 Å². The van der Waals surface area contributed by atoms with Gasteiger partial charge in [-0.2, -0.15) is 8.42 Å². The molecule has 33 heavy (non-hydrogen) atoms. The highest BCUT2D eigenvalue weighted by Crippen LogP contribution is 2.26. The summed E-state index contributed by atoms with van der Waals surface area (Å²) in [6.07, 6.45) is 0. The predicted octanol–water partition coefficient (Wildman–Crippen LogP) is 5.54. The van der Waals surface area contributed by atoms with E-state index in [9.17, 15) is 13.2 Å². The van der Waals surface area contributed by atoms with E-state index in [2.05, 4.69) is 20.2 Å². The summed E-state index contributed by atoms with van der Waals surface area (Å²) >= 11 is 8.46. The maximum Gasteiger partial charge on any atom is 0.291 e. The number of sulfonamides is 1. The Morgan fingerprint density at radius 3 is 2.36 bits per heavy atom. The van der Waals surface area contributed by atoms with Gasteiger partial charge in [0.2, 0.25) is 5.13 Å². The monoisotopic (exact) mass is 516 g/mol. The molecular weight excluding hydrogens is 500 g/mol. The van der Waals surface area contributed by atoms with Crippen molar-refractivity contribution in [3.8, 4) is 0 Å². The van der Waals surface area contributed by atoms with Crippen molar-refractivity contribution in [3.05, 3.63) is 95.0 Å². The second kappa shape index (κ2) is 10.3. The van der Waals surface area contributed by atoms with E-state index in [1.807, 2.05) is 42.5 Å². The molecule has 0 bridgehead atoms. The van der Waals surface area contributed by atoms with Gasteiger partial charge >= 0.3 is 0 Å². The Labute approximate surface area is 204 Å². The van der Waals surface area contributed by atoms with Crippen LogP contribution in [0.15, 0.2) is 88.1 Å². The maximum atomic E-state index is 12.7. The summed E-state index contributed by atoms with van der Waals surface area (Å²) in [4.78, 5) is 13.5. The summed E-state index contributed by atoms with van der Waals surface area (Å²) < 4.78 is 27.6. The zero-order chi connectivity index (χ0) is 23.3. The zero-order valence-corrected chi connectivity index (χ0v) is 20.1. The minimum Gasteiger partial charge on any atom is -0.296 e. The molecule has 11 heteroatoms. The van der Waals surface area contributed by atoms with Crippen LogP contribution in [0.25, 0.3) is 0 Å². The molecular formula is C22H17ClN4O3S3. The standard InChI is InChI=1S/C22H17ClN4O3S3/c23-19-9-5-4-8-18(19)20(28)24-21-25-26-22(32-21)33(29,30)27-16-12-10-15(11-13-16)14-31-17-6-2-1-3-7-17/h1-13,27H,14H2,(H,24,25,28). The average molecular weight is 517 g/mol. The fraction of sp³-hybridized carbons (Fsp3) is 0.0455. The van der Waals surface area contributed by atoms with Crippen molar-refractivity contribution >= 4 is 61.4 Å². The number of carbonyl (C=O) groups is 1. The lowest BCUT2D eigenvalue weighted by atomic mass is 10.2. The van der Waals surface area contributed by atoms with Crippen LogP contribution in [0.1, 0.15) is 15.9 Å². The number of halogens is 1. The van der Waals surface area contributed by atoms with Crippen LogP contribution in [0.4, 0.5) is 10.8 Å². The van der Waals surface area contributed by atoms with E-state index in [0.717, 1.165) is 27.5 Å². The number of carbonyl (C=O) groups excluding carboxylic acids is 1. The SMILES string of the molecule is O=C(Nc1nnc(S(=O)(=O)Nc2ccc(CSc3ccccc3)cc2)s1)c1ccccc1Cl. The number of amides is 1. The number of rotatable bonds is 8. The number of anilines is 2. The molecule has 0 atom stereocenters. The molecule has 4 aromatic rings. The van der Waals surface area contributed by atoms with Crippen molar-refractivity contribution in [1.29, 1.82) is 0 Å². The largest absolute Gasteiger partial charge is 0.296 e. The van der Waals surface area contributed by atoms with E-state index >= 15 is 0 Å². The van der Waals surface area contributed by atoms with Gasteiger partial charge in [-0.05, 0) is 42.0 Å². The van der Waals surface area contributed by atoms with Crippen LogP contribution in [0.5, 0.6) is 0 Å². The minimum absolute atomic E-state index is 0.0496. The van der Waals surface area contributed by atoms with Crippen molar-refractivity contribution in [2.24, 2.45) is 0 Å². The van der Waals surface area contributed by atoms with E-state index < -0.39 is 15.9 Å². The van der Waals surface area contributed by atoms with E-state index in [0.29, 0.717) is 5.69 Å². The van der Waals surface area contributed by atoms with E-state index in [4.69, 9.17) is 11.6 Å². The summed E-state index contributed by atoms with van der Waals surface area (Å²) in [5, 5.41) is 10.3. The van der Waals surface area contributed by atoms with E-state index in [1.165, 1.54) is 0 Å². The summed E-state index contributed by atoms with van der Waals surface area (Å²) in [5.74, 6) is 0.264. The van der Waals surface area contributed by atoms with Crippen LogP contribution in [0.2, 0.25) is 5.02 Å². The molecule has 2 N–H and O–H groups in total. The van der Waals surface area contributed by atoms with Gasteiger partial charge < -0.3 is 0 Å². The molecule has 0 fully saturated rings. The number of hydrogen-bond acceptors (Lipinski definition) is 7. The fourth-order valence-electron chi connectivity index (χ4n) is 2.73. The Kier molecular flexibility index (Phi) is 7.29. The number of hydrogen-bond donors (Lipinski definition) is 2. The Morgan fingerprint density at radius 1 is 0.939 bits per heavy atom. The smallest absolute Gasteiger partial charge is 0.291 e. The summed E-state index contributed by atoms with van der Waals surface area (Å²) in [6, 6.07) is 23.7. The number of nitrogens with one attached hydrogen (secondary N) is 2. The molecule has 0 aliphatic heterocycles. The highest BCUT2D eigenvalue weighted by molar-refractivity contribution is 7.98. The molecule has 4 rings (SSSR count). The Bertz CT molecular complexity index is 1360. The molecule has 0 saturated carbocycles. The van der Waals surface area contributed by atoms with Gasteiger partial charge in [0.15, 0.2) is 0 Å². The van der Waals surface area contributed by atoms with Gasteiger partial charge in [-0.3, -0.25) is 14.8 Å². The molecule has 3 aromatic carbocycles. The lowest BCUT2D eigenvalue weighted by Crippen LogP contribution is -2.12. The summed E-state index contributed by atoms with van der Waals surface area (Å²) in [5.41, 5.74) is 1.72. The zero-order valence-electron chi connectivity index (χ0n) is 16.9. The first-order valence-electron chi connectivity index (χ1n) is 9.60. The third-order valence-corrected chi connectivity index (χ3v) is 8.33. The van der Waals surface area contributed by atoms with Crippen LogP contribution in [0.3, 0.4) is 0 Å². The first-order valence-corrected chi connectivity index (χ1v) is 13.3. The normalized spacial score (nSPS) is 11.2. The quantitative estimate of drug-likeness (QED) is 0.235. The Morgan fingerprint density at radius 2 is 1.64 bits per heavy atom. The van der Waals surface area contributed by atoms with Crippen molar-refractivity contribution in [2.75, 3.05) is 10.0 Å². The molecule has 1 amide bonds. The number of aromatic nitrogens is 2. The van der Waals surface area contributed by atoms with Crippen LogP contribution >= 0.6 is 34.7 Å². The molecule has 7 nitrogen and oxygen atoms in total. The summed E-state index contributed by atoms with van der Waals surface area (Å²) in [6.45, 7) is 0. The molecule has 0 spiro atoms. The Balaban J connectivity index is 1.38. The highest BCUT2D eigenvalue weighted by Gasteiger charge is 2.22. The number of thioether (sulfide) groups is 1. The topological polar surface area (TPSA) is 101 Å². The molecule has 0 aliphatic carbocycles. The first-order chi connectivity index (χ1) is 15.9. The molecule has 0 unspecified atom stereocenters. The lowest BCUT2D eigenvalue weighted by Gasteiger charge is -2.07. The molecule has 0 radical (unpaired) electrons. The highest BCUT2D eigenvalue weighted by atomic mass is 35.5. The minimum atomic E-state index is -3.96. The molecule has 1 heterocycles. The maximum absolute atomic E-state index is 12.7. The Hall–Kier alpha value is -2.92.